The van der Waals surface area contributed by atoms with Crippen molar-refractivity contribution in [2.75, 3.05) is 5.73 Å². The Morgan fingerprint density at radius 1 is 1.50 bits per heavy atom. The van der Waals surface area contributed by atoms with Crippen LogP contribution in [-0.2, 0) is 0 Å². The van der Waals surface area contributed by atoms with E-state index in [1.807, 2.05) is 0 Å². The summed E-state index contributed by atoms with van der Waals surface area (Å²) in [5.41, 5.74) is 5.87. The summed E-state index contributed by atoms with van der Waals surface area (Å²) in [6.07, 6.45) is 0. The van der Waals surface area contributed by atoms with Gasteiger partial charge in [-0.1, -0.05) is 0 Å². The number of nitrogens with one attached hydrogen (secondary N) is 1. The number of rotatable bonds is 1. The van der Waals surface area contributed by atoms with Gasteiger partial charge in [0.15, 0.2) is 5.58 Å². The molecule has 0 fully saturated rings. The Morgan fingerprint density at radius 2 is 2.21 bits per heavy atom. The van der Waals surface area contributed by atoms with E-state index in [1.54, 1.807) is 0 Å². The highest BCUT2D eigenvalue weighted by Gasteiger charge is 2.13. The monoisotopic (exact) mass is 194 g/mol. The van der Waals surface area contributed by atoms with E-state index in [1.165, 1.54) is 12.1 Å². The van der Waals surface area contributed by atoms with Crippen molar-refractivity contribution in [1.82, 2.24) is 4.98 Å². The third-order valence-electron chi connectivity index (χ3n) is 1.77. The Hall–Kier alpha value is -2.24. The second-order valence-electron chi connectivity index (χ2n) is 2.76. The number of anilines is 1. The van der Waals surface area contributed by atoms with Crippen LogP contribution < -0.4 is 11.5 Å². The van der Waals surface area contributed by atoms with E-state index in [-0.39, 0.29) is 22.4 Å². The Balaban J connectivity index is 2.92. The molecule has 6 nitrogen and oxygen atoms in total. The van der Waals surface area contributed by atoms with E-state index in [9.17, 15) is 9.59 Å². The number of carboxylic acid groups (broad SMARTS) is 1. The third-order valence-corrected chi connectivity index (χ3v) is 1.77. The predicted octanol–water partition coefficient (Wildman–Crippen LogP) is 0.402. The lowest BCUT2D eigenvalue weighted by Crippen LogP contribution is -1.98. The summed E-state index contributed by atoms with van der Waals surface area (Å²) in [6.45, 7) is 0. The maximum Gasteiger partial charge on any atom is 0.417 e. The minimum Gasteiger partial charge on any atom is -0.478 e. The van der Waals surface area contributed by atoms with E-state index in [0.717, 1.165) is 0 Å². The minimum absolute atomic E-state index is 0.0108. The van der Waals surface area contributed by atoms with Crippen LogP contribution in [0.25, 0.3) is 11.1 Å². The molecule has 6 heteroatoms. The molecule has 0 aliphatic rings. The molecule has 0 saturated heterocycles. The van der Waals surface area contributed by atoms with Crippen LogP contribution in [0.5, 0.6) is 0 Å². The molecular formula is C8H6N2O4. The SMILES string of the molecule is Nc1cc(C(=O)O)c2oc(=O)[nH]c2c1. The molecule has 0 spiro atoms. The van der Waals surface area contributed by atoms with Gasteiger partial charge in [0.25, 0.3) is 0 Å². The molecule has 2 rings (SSSR count). The number of aromatic carboxylic acids is 1. The summed E-state index contributed by atoms with van der Waals surface area (Å²) in [6, 6.07) is 2.67. The highest BCUT2D eigenvalue weighted by atomic mass is 16.4. The normalized spacial score (nSPS) is 10.6. The van der Waals surface area contributed by atoms with Crippen LogP contribution in [0.4, 0.5) is 5.69 Å². The molecule has 14 heavy (non-hydrogen) atoms. The Morgan fingerprint density at radius 3 is 2.86 bits per heavy atom. The molecule has 0 saturated carbocycles. The fraction of sp³-hybridized carbons (Fsp3) is 0. The summed E-state index contributed by atoms with van der Waals surface area (Å²) in [5, 5.41) is 8.79. The molecule has 2 aromatic rings. The van der Waals surface area contributed by atoms with Gasteiger partial charge in [-0.15, -0.1) is 0 Å². The number of nitrogen functional groups attached to an aromatic ring is 1. The highest BCUT2D eigenvalue weighted by molar-refractivity contribution is 6.01. The minimum atomic E-state index is -1.19. The predicted molar refractivity (Wildman–Crippen MR) is 48.2 cm³/mol. The quantitative estimate of drug-likeness (QED) is 0.569. The zero-order valence-electron chi connectivity index (χ0n) is 6.90. The van der Waals surface area contributed by atoms with E-state index in [2.05, 4.69) is 9.40 Å². The standard InChI is InChI=1S/C8H6N2O4/c9-3-1-4(7(11)12)6-5(2-3)10-8(13)14-6/h1-2H,9H2,(H,10,13)(H,11,12). The molecule has 0 amide bonds. The van der Waals surface area contributed by atoms with Crippen LogP contribution in [0.15, 0.2) is 21.3 Å². The van der Waals surface area contributed by atoms with Gasteiger partial charge in [0.2, 0.25) is 0 Å². The van der Waals surface area contributed by atoms with Crippen LogP contribution in [0.3, 0.4) is 0 Å². The van der Waals surface area contributed by atoms with Gasteiger partial charge in [-0.3, -0.25) is 4.98 Å². The van der Waals surface area contributed by atoms with Crippen LogP contribution in [0.2, 0.25) is 0 Å². The number of carbonyl (C=O) groups is 1. The Bertz CT molecular complexity index is 566. The van der Waals surface area contributed by atoms with E-state index >= 15 is 0 Å². The molecular weight excluding hydrogens is 188 g/mol. The van der Waals surface area contributed by atoms with Crippen LogP contribution >= 0.6 is 0 Å². The molecule has 0 radical (unpaired) electrons. The second-order valence-corrected chi connectivity index (χ2v) is 2.76. The topological polar surface area (TPSA) is 109 Å². The van der Waals surface area contributed by atoms with Gasteiger partial charge in [0, 0.05) is 5.69 Å². The van der Waals surface area contributed by atoms with Gasteiger partial charge in [-0.25, -0.2) is 9.59 Å². The van der Waals surface area contributed by atoms with Crippen LogP contribution in [-0.4, -0.2) is 16.1 Å². The van der Waals surface area contributed by atoms with Crippen molar-refractivity contribution in [3.8, 4) is 0 Å². The molecule has 0 aliphatic heterocycles. The zero-order valence-corrected chi connectivity index (χ0v) is 6.90. The van der Waals surface area contributed by atoms with Crippen molar-refractivity contribution in [3.05, 3.63) is 28.2 Å². The fourth-order valence-electron chi connectivity index (χ4n) is 1.24. The summed E-state index contributed by atoms with van der Waals surface area (Å²) in [7, 11) is 0. The average molecular weight is 194 g/mol. The summed E-state index contributed by atoms with van der Waals surface area (Å²) >= 11 is 0. The van der Waals surface area contributed by atoms with Gasteiger partial charge in [0.05, 0.1) is 5.52 Å². The zero-order chi connectivity index (χ0) is 10.3. The van der Waals surface area contributed by atoms with Crippen molar-refractivity contribution < 1.29 is 14.3 Å². The summed E-state index contributed by atoms with van der Waals surface area (Å²) in [5.74, 6) is -1.89. The smallest absolute Gasteiger partial charge is 0.417 e. The molecule has 1 aromatic heterocycles. The van der Waals surface area contributed by atoms with E-state index in [0.29, 0.717) is 0 Å². The number of benzene rings is 1. The highest BCUT2D eigenvalue weighted by Crippen LogP contribution is 2.19. The number of aromatic nitrogens is 1. The largest absolute Gasteiger partial charge is 0.478 e. The number of hydrogen-bond donors (Lipinski definition) is 3. The first-order chi connectivity index (χ1) is 6.58. The number of carboxylic acids is 1. The van der Waals surface area contributed by atoms with Crippen molar-refractivity contribution in [3.63, 3.8) is 0 Å². The molecule has 0 unspecified atom stereocenters. The number of oxazole rings is 1. The fourth-order valence-corrected chi connectivity index (χ4v) is 1.24. The van der Waals surface area contributed by atoms with Gasteiger partial charge < -0.3 is 15.3 Å². The lowest BCUT2D eigenvalue weighted by molar-refractivity contribution is 0.0698. The van der Waals surface area contributed by atoms with E-state index in [4.69, 9.17) is 10.8 Å². The molecule has 1 aromatic carbocycles. The molecule has 72 valence electrons. The second kappa shape index (κ2) is 2.63. The van der Waals surface area contributed by atoms with E-state index < -0.39 is 11.7 Å². The lowest BCUT2D eigenvalue weighted by atomic mass is 10.2. The van der Waals surface area contributed by atoms with Gasteiger partial charge in [0.1, 0.15) is 5.56 Å². The van der Waals surface area contributed by atoms with Crippen molar-refractivity contribution in [1.29, 1.82) is 0 Å². The summed E-state index contributed by atoms with van der Waals surface area (Å²) in [4.78, 5) is 23.9. The van der Waals surface area contributed by atoms with Gasteiger partial charge in [-0.2, -0.15) is 0 Å². The molecule has 0 bridgehead atoms. The summed E-state index contributed by atoms with van der Waals surface area (Å²) < 4.78 is 4.67. The third kappa shape index (κ3) is 1.13. The van der Waals surface area contributed by atoms with Crippen molar-refractivity contribution in [2.45, 2.75) is 0 Å². The van der Waals surface area contributed by atoms with Crippen LogP contribution in [0.1, 0.15) is 10.4 Å². The number of fused-ring (bicyclic) bond motifs is 1. The number of H-pyrrole nitrogens is 1. The average Bonchev–Trinajstić information content (AvgIpc) is 2.42. The molecule has 0 aliphatic carbocycles. The Kier molecular flexibility index (Phi) is 1.57. The molecule has 1 heterocycles. The maximum absolute atomic E-state index is 10.8. The first-order valence-electron chi connectivity index (χ1n) is 3.73. The van der Waals surface area contributed by atoms with Gasteiger partial charge in [-0.05, 0) is 12.1 Å². The van der Waals surface area contributed by atoms with Gasteiger partial charge >= 0.3 is 11.7 Å². The lowest BCUT2D eigenvalue weighted by Gasteiger charge is -1.96. The number of aromatic amines is 1. The Labute approximate surface area is 76.9 Å². The molecule has 4 N–H and O–H groups in total. The maximum atomic E-state index is 10.8. The van der Waals surface area contributed by atoms with Crippen LogP contribution in [0, 0.1) is 0 Å². The number of nitrogens with two attached hydrogens (primary N) is 1. The molecule has 0 atom stereocenters. The van der Waals surface area contributed by atoms with Crippen molar-refractivity contribution >= 4 is 22.8 Å². The van der Waals surface area contributed by atoms with Crippen molar-refractivity contribution in [2.24, 2.45) is 0 Å². The first kappa shape index (κ1) is 8.36. The first-order valence-corrected chi connectivity index (χ1v) is 3.73. The number of hydrogen-bond acceptors (Lipinski definition) is 4.